The van der Waals surface area contributed by atoms with Gasteiger partial charge < -0.3 is 9.53 Å². The Hall–Kier alpha value is -1.11. The number of aliphatic hydroxyl groups excluding tert-OH is 1. The Labute approximate surface area is 243 Å². The van der Waals surface area contributed by atoms with Crippen LogP contribution < -0.4 is 0 Å². The normalized spacial score (nSPS) is 19.3. The van der Waals surface area contributed by atoms with E-state index < -0.39 is 32.1 Å². The Balaban J connectivity index is 2.16. The second-order valence-electron chi connectivity index (χ2n) is 13.2. The summed E-state index contributed by atoms with van der Waals surface area (Å²) >= 11 is 2.22. The van der Waals surface area contributed by atoms with Gasteiger partial charge in [0.15, 0.2) is 8.32 Å². The standard InChI is InChI=1S/C29H39F5INO2Si/c1-16(2)24-22(25(37)17-10-12-18(13-11-17)28(30,31)29(32,33)34)23(35)21-19(36-24)14-27(6,7)15-20(21)38-39(8,9)26(3,4)5/h10-13,16,20,25,37H,14-15H2,1-9H3/t20-,25+/m0/s1. The van der Waals surface area contributed by atoms with E-state index >= 15 is 0 Å². The number of fused-ring (bicyclic) bond motifs is 1. The molecule has 0 saturated carbocycles. The molecule has 3 rings (SSSR count). The Morgan fingerprint density at radius 1 is 1.05 bits per heavy atom. The van der Waals surface area contributed by atoms with Gasteiger partial charge in [-0.15, -0.1) is 0 Å². The van der Waals surface area contributed by atoms with Crippen LogP contribution in [-0.4, -0.2) is 24.6 Å². The largest absolute Gasteiger partial charge is 0.458 e. The molecule has 10 heteroatoms. The first-order valence-corrected chi connectivity index (χ1v) is 17.1. The fourth-order valence-corrected chi connectivity index (χ4v) is 7.28. The van der Waals surface area contributed by atoms with E-state index in [9.17, 15) is 27.1 Å². The van der Waals surface area contributed by atoms with Crippen molar-refractivity contribution in [1.82, 2.24) is 4.98 Å². The Kier molecular flexibility index (Phi) is 8.82. The Morgan fingerprint density at radius 2 is 1.59 bits per heavy atom. The molecule has 1 aromatic carbocycles. The quantitative estimate of drug-likeness (QED) is 0.187. The van der Waals surface area contributed by atoms with Crippen molar-refractivity contribution in [3.05, 3.63) is 61.5 Å². The summed E-state index contributed by atoms with van der Waals surface area (Å²) in [6.45, 7) is 19.3. The van der Waals surface area contributed by atoms with Crippen molar-refractivity contribution >= 4 is 30.9 Å². The molecule has 0 radical (unpaired) electrons. The topological polar surface area (TPSA) is 42.4 Å². The van der Waals surface area contributed by atoms with E-state index in [1.54, 1.807) is 0 Å². The van der Waals surface area contributed by atoms with Crippen LogP contribution in [0.1, 0.15) is 107 Å². The summed E-state index contributed by atoms with van der Waals surface area (Å²) in [5.74, 6) is -5.05. The fourth-order valence-electron chi connectivity index (χ4n) is 4.78. The maximum Gasteiger partial charge on any atom is 0.458 e. The predicted molar refractivity (Wildman–Crippen MR) is 155 cm³/mol. The summed E-state index contributed by atoms with van der Waals surface area (Å²) < 4.78 is 74.0. The summed E-state index contributed by atoms with van der Waals surface area (Å²) in [6.07, 6.45) is -5.68. The number of hydrogen-bond donors (Lipinski definition) is 1. The maximum atomic E-state index is 13.9. The molecule has 1 aliphatic rings. The first kappa shape index (κ1) is 32.4. The molecule has 1 aliphatic carbocycles. The van der Waals surface area contributed by atoms with Gasteiger partial charge in [0.05, 0.1) is 11.8 Å². The Bertz CT molecular complexity index is 1200. The minimum Gasteiger partial charge on any atom is -0.410 e. The van der Waals surface area contributed by atoms with E-state index in [1.165, 1.54) is 0 Å². The summed E-state index contributed by atoms with van der Waals surface area (Å²) in [6, 6.07) is 3.72. The molecule has 39 heavy (non-hydrogen) atoms. The number of alkyl halides is 5. The summed E-state index contributed by atoms with van der Waals surface area (Å²) in [5, 5.41) is 11.5. The van der Waals surface area contributed by atoms with E-state index in [0.717, 1.165) is 51.9 Å². The lowest BCUT2D eigenvalue weighted by Crippen LogP contribution is -2.44. The molecule has 0 amide bonds. The van der Waals surface area contributed by atoms with Gasteiger partial charge in [0.2, 0.25) is 0 Å². The molecular weight excluding hydrogens is 644 g/mol. The molecule has 218 valence electrons. The van der Waals surface area contributed by atoms with Gasteiger partial charge in [0, 0.05) is 26.0 Å². The van der Waals surface area contributed by atoms with Crippen LogP contribution in [0.25, 0.3) is 0 Å². The molecule has 0 unspecified atom stereocenters. The lowest BCUT2D eigenvalue weighted by atomic mass is 9.74. The van der Waals surface area contributed by atoms with Gasteiger partial charge in [0.1, 0.15) is 6.10 Å². The van der Waals surface area contributed by atoms with E-state index in [1.807, 2.05) is 13.8 Å². The zero-order valence-corrected chi connectivity index (χ0v) is 27.2. The SMILES string of the molecule is CC(C)c1nc2c(c(I)c1[C@H](O)c1ccc(C(F)(F)C(F)(F)F)cc1)[C@@H](O[Si](C)(C)C(C)(C)C)CC(C)(C)C2. The highest BCUT2D eigenvalue weighted by Crippen LogP contribution is 2.50. The first-order valence-electron chi connectivity index (χ1n) is 13.1. The van der Waals surface area contributed by atoms with Crippen LogP contribution in [0, 0.1) is 8.99 Å². The second-order valence-corrected chi connectivity index (χ2v) is 19.1. The highest BCUT2D eigenvalue weighted by Gasteiger charge is 2.58. The third-order valence-electron chi connectivity index (χ3n) is 8.03. The molecule has 0 spiro atoms. The van der Waals surface area contributed by atoms with Gasteiger partial charge in [-0.1, -0.05) is 72.7 Å². The number of aliphatic hydroxyl groups is 1. The molecule has 1 aromatic heterocycles. The molecular formula is C29H39F5INO2Si. The summed E-state index contributed by atoms with van der Waals surface area (Å²) in [7, 11) is -2.19. The number of aromatic nitrogens is 1. The van der Waals surface area contributed by atoms with E-state index in [4.69, 9.17) is 9.41 Å². The third kappa shape index (κ3) is 6.38. The molecule has 2 aromatic rings. The number of benzene rings is 1. The lowest BCUT2D eigenvalue weighted by molar-refractivity contribution is -0.289. The van der Waals surface area contributed by atoms with Crippen molar-refractivity contribution in [1.29, 1.82) is 0 Å². The van der Waals surface area contributed by atoms with Gasteiger partial charge in [-0.2, -0.15) is 22.0 Å². The van der Waals surface area contributed by atoms with Gasteiger partial charge in [-0.05, 0) is 70.5 Å². The van der Waals surface area contributed by atoms with Crippen LogP contribution in [0.5, 0.6) is 0 Å². The number of nitrogens with zero attached hydrogens (tertiary/aromatic N) is 1. The van der Waals surface area contributed by atoms with Crippen LogP contribution in [0.15, 0.2) is 24.3 Å². The smallest absolute Gasteiger partial charge is 0.410 e. The Morgan fingerprint density at radius 3 is 2.05 bits per heavy atom. The monoisotopic (exact) mass is 683 g/mol. The van der Waals surface area contributed by atoms with Crippen molar-refractivity contribution in [2.75, 3.05) is 0 Å². The third-order valence-corrected chi connectivity index (χ3v) is 13.7. The van der Waals surface area contributed by atoms with Crippen LogP contribution in [0.4, 0.5) is 22.0 Å². The average molecular weight is 684 g/mol. The van der Waals surface area contributed by atoms with Crippen LogP contribution in [-0.2, 0) is 16.8 Å². The maximum absolute atomic E-state index is 13.9. The van der Waals surface area contributed by atoms with Gasteiger partial charge in [-0.3, -0.25) is 4.98 Å². The minimum absolute atomic E-state index is 0.0198. The van der Waals surface area contributed by atoms with E-state index in [-0.39, 0.29) is 28.0 Å². The average Bonchev–Trinajstić information content (AvgIpc) is 2.75. The van der Waals surface area contributed by atoms with Crippen molar-refractivity contribution in [2.45, 2.75) is 110 Å². The molecule has 0 fully saturated rings. The molecule has 3 nitrogen and oxygen atoms in total. The van der Waals surface area contributed by atoms with Gasteiger partial charge >= 0.3 is 12.1 Å². The highest BCUT2D eigenvalue weighted by atomic mass is 127. The molecule has 1 heterocycles. The van der Waals surface area contributed by atoms with Crippen molar-refractivity contribution in [3.8, 4) is 0 Å². The number of halogens is 6. The lowest BCUT2D eigenvalue weighted by Gasteiger charge is -2.44. The predicted octanol–water partition coefficient (Wildman–Crippen LogP) is 9.58. The number of rotatable bonds is 6. The number of pyridine rings is 1. The molecule has 0 bridgehead atoms. The molecule has 1 N–H and O–H groups in total. The van der Waals surface area contributed by atoms with E-state index in [2.05, 4.69) is 70.3 Å². The fraction of sp³-hybridized carbons (Fsp3) is 0.621. The van der Waals surface area contributed by atoms with Crippen LogP contribution in [0.3, 0.4) is 0 Å². The van der Waals surface area contributed by atoms with Gasteiger partial charge in [0.25, 0.3) is 0 Å². The van der Waals surface area contributed by atoms with Crippen molar-refractivity contribution in [2.24, 2.45) is 5.41 Å². The van der Waals surface area contributed by atoms with Crippen molar-refractivity contribution < 1.29 is 31.5 Å². The zero-order chi connectivity index (χ0) is 29.9. The highest BCUT2D eigenvalue weighted by molar-refractivity contribution is 14.1. The number of hydrogen-bond acceptors (Lipinski definition) is 3. The summed E-state index contributed by atoms with van der Waals surface area (Å²) in [5.41, 5.74) is 2.10. The minimum atomic E-state index is -5.71. The zero-order valence-electron chi connectivity index (χ0n) is 24.0. The molecule has 2 atom stereocenters. The van der Waals surface area contributed by atoms with Crippen molar-refractivity contribution in [3.63, 3.8) is 0 Å². The van der Waals surface area contributed by atoms with Crippen LogP contribution in [0.2, 0.25) is 18.1 Å². The first-order chi connectivity index (χ1) is 17.5. The molecule has 0 aliphatic heterocycles. The van der Waals surface area contributed by atoms with Gasteiger partial charge in [-0.25, -0.2) is 0 Å². The molecule has 0 saturated heterocycles. The van der Waals surface area contributed by atoms with Crippen LogP contribution >= 0.6 is 22.6 Å². The second kappa shape index (κ2) is 10.6. The summed E-state index contributed by atoms with van der Waals surface area (Å²) in [4.78, 5) is 5.05. The van der Waals surface area contributed by atoms with E-state index in [0.29, 0.717) is 11.3 Å².